The van der Waals surface area contributed by atoms with Gasteiger partial charge in [0.15, 0.2) is 6.04 Å². The van der Waals surface area contributed by atoms with Crippen molar-refractivity contribution in [1.82, 2.24) is 10.4 Å². The Labute approximate surface area is 169 Å². The smallest absolute Gasteiger partial charge is 0.408 e. The van der Waals surface area contributed by atoms with E-state index in [2.05, 4.69) is 5.32 Å². The third-order valence-corrected chi connectivity index (χ3v) is 5.47. The predicted molar refractivity (Wildman–Crippen MR) is 107 cm³/mol. The van der Waals surface area contributed by atoms with Crippen molar-refractivity contribution in [2.45, 2.75) is 122 Å². The molecule has 0 aliphatic heterocycles. The minimum Gasteiger partial charge on any atom is -0.444 e. The van der Waals surface area contributed by atoms with Crippen LogP contribution in [-0.4, -0.2) is 52.1 Å². The monoisotopic (exact) mass is 398 g/mol. The number of nitrogens with one attached hydrogen (secondary N) is 1. The van der Waals surface area contributed by atoms with Gasteiger partial charge < -0.3 is 20.0 Å². The van der Waals surface area contributed by atoms with Crippen molar-refractivity contribution < 1.29 is 24.3 Å². The lowest BCUT2D eigenvalue weighted by Crippen LogP contribution is -2.54. The molecule has 7 heteroatoms. The van der Waals surface area contributed by atoms with E-state index >= 15 is 0 Å². The van der Waals surface area contributed by atoms with Crippen LogP contribution in [0.15, 0.2) is 0 Å². The molecule has 0 aromatic carbocycles. The molecule has 2 atom stereocenters. The van der Waals surface area contributed by atoms with Crippen molar-refractivity contribution in [3.63, 3.8) is 0 Å². The standard InChI is InChI=1S/C21H38N2O5/c1-15(24)18(22-20(26)27-21(2,3)4)19(25)28-23(16-11-7-5-8-12-16)17-13-9-6-10-14-17/h15-18,24H,5-14H2,1-4H3,(H,22,26)/t15-,18+/m1/s1. The van der Waals surface area contributed by atoms with Gasteiger partial charge in [0.1, 0.15) is 5.60 Å². The summed E-state index contributed by atoms with van der Waals surface area (Å²) in [5, 5.41) is 14.4. The van der Waals surface area contributed by atoms with Gasteiger partial charge in [0.25, 0.3) is 0 Å². The normalized spacial score (nSPS) is 21.8. The van der Waals surface area contributed by atoms with Crippen LogP contribution in [0.3, 0.4) is 0 Å². The molecule has 0 spiro atoms. The summed E-state index contributed by atoms with van der Waals surface area (Å²) >= 11 is 0. The zero-order valence-electron chi connectivity index (χ0n) is 17.9. The molecular formula is C21H38N2O5. The van der Waals surface area contributed by atoms with Gasteiger partial charge in [-0.2, -0.15) is 0 Å². The Morgan fingerprint density at radius 3 is 1.82 bits per heavy atom. The van der Waals surface area contributed by atoms with Crippen LogP contribution in [0.4, 0.5) is 4.79 Å². The van der Waals surface area contributed by atoms with Crippen LogP contribution in [0, 0.1) is 0 Å². The van der Waals surface area contributed by atoms with E-state index < -0.39 is 29.8 Å². The molecule has 0 aromatic heterocycles. The lowest BCUT2D eigenvalue weighted by atomic mass is 9.90. The van der Waals surface area contributed by atoms with Crippen molar-refractivity contribution in [1.29, 1.82) is 0 Å². The molecule has 0 radical (unpaired) electrons. The van der Waals surface area contributed by atoms with Gasteiger partial charge in [-0.05, 0) is 53.4 Å². The number of hydrogen-bond acceptors (Lipinski definition) is 6. The van der Waals surface area contributed by atoms with Gasteiger partial charge in [-0.1, -0.05) is 38.5 Å². The number of hydrogen-bond donors (Lipinski definition) is 2. The van der Waals surface area contributed by atoms with E-state index in [9.17, 15) is 14.7 Å². The number of nitrogens with zero attached hydrogens (tertiary/aromatic N) is 1. The van der Waals surface area contributed by atoms with Crippen molar-refractivity contribution in [2.75, 3.05) is 0 Å². The Morgan fingerprint density at radius 2 is 1.43 bits per heavy atom. The molecule has 2 saturated carbocycles. The molecule has 0 bridgehead atoms. The number of aliphatic hydroxyl groups excluding tert-OH is 1. The Balaban J connectivity index is 2.06. The Morgan fingerprint density at radius 1 is 0.964 bits per heavy atom. The first-order chi connectivity index (χ1) is 13.2. The number of hydroxylamine groups is 2. The fourth-order valence-electron chi connectivity index (χ4n) is 4.09. The summed E-state index contributed by atoms with van der Waals surface area (Å²) in [6, 6.07) is -0.724. The number of aliphatic hydroxyl groups is 1. The minimum atomic E-state index is -1.16. The second-order valence-electron chi connectivity index (χ2n) is 9.22. The van der Waals surface area contributed by atoms with E-state index in [1.807, 2.05) is 5.06 Å². The molecule has 2 rings (SSSR count). The molecule has 0 unspecified atom stereocenters. The Kier molecular flexibility index (Phi) is 8.56. The van der Waals surface area contributed by atoms with E-state index in [4.69, 9.17) is 9.57 Å². The van der Waals surface area contributed by atoms with Gasteiger partial charge in [0.2, 0.25) is 0 Å². The summed E-state index contributed by atoms with van der Waals surface area (Å²) in [6.45, 7) is 6.71. The first-order valence-electron chi connectivity index (χ1n) is 10.8. The summed E-state index contributed by atoms with van der Waals surface area (Å²) in [5.74, 6) is -0.628. The number of alkyl carbamates (subject to hydrolysis) is 1. The number of carbonyl (C=O) groups is 2. The molecule has 2 aliphatic carbocycles. The maximum atomic E-state index is 12.9. The van der Waals surface area contributed by atoms with Gasteiger partial charge in [0, 0.05) is 12.1 Å². The fraction of sp³-hybridized carbons (Fsp3) is 0.905. The Hall–Kier alpha value is -1.34. The van der Waals surface area contributed by atoms with Gasteiger partial charge in [-0.15, -0.1) is 5.06 Å². The molecule has 7 nitrogen and oxygen atoms in total. The van der Waals surface area contributed by atoms with E-state index in [0.29, 0.717) is 0 Å². The van der Waals surface area contributed by atoms with Crippen molar-refractivity contribution in [3.05, 3.63) is 0 Å². The zero-order valence-corrected chi connectivity index (χ0v) is 17.9. The first kappa shape index (κ1) is 22.9. The van der Waals surface area contributed by atoms with Crippen LogP contribution in [0.5, 0.6) is 0 Å². The molecule has 0 aromatic rings. The minimum absolute atomic E-state index is 0.219. The van der Waals surface area contributed by atoms with Gasteiger partial charge >= 0.3 is 12.1 Å². The highest BCUT2D eigenvalue weighted by Gasteiger charge is 2.36. The fourth-order valence-corrected chi connectivity index (χ4v) is 4.09. The average molecular weight is 399 g/mol. The maximum Gasteiger partial charge on any atom is 0.408 e. The summed E-state index contributed by atoms with van der Waals surface area (Å²) in [4.78, 5) is 30.8. The molecule has 1 amide bonds. The summed E-state index contributed by atoms with van der Waals surface area (Å²) in [6.07, 6.45) is 9.25. The largest absolute Gasteiger partial charge is 0.444 e. The number of amides is 1. The Bertz CT molecular complexity index is 487. The van der Waals surface area contributed by atoms with Crippen molar-refractivity contribution in [2.24, 2.45) is 0 Å². The van der Waals surface area contributed by atoms with Crippen LogP contribution < -0.4 is 5.32 Å². The second kappa shape index (κ2) is 10.4. The van der Waals surface area contributed by atoms with Crippen LogP contribution in [0.1, 0.15) is 91.9 Å². The highest BCUT2D eigenvalue weighted by molar-refractivity contribution is 5.81. The molecule has 2 fully saturated rings. The molecular weight excluding hydrogens is 360 g/mol. The number of rotatable bonds is 6. The van der Waals surface area contributed by atoms with E-state index in [1.54, 1.807) is 20.8 Å². The molecule has 162 valence electrons. The van der Waals surface area contributed by atoms with Gasteiger partial charge in [0.05, 0.1) is 6.10 Å². The molecule has 2 aliphatic rings. The molecule has 0 heterocycles. The third-order valence-electron chi connectivity index (χ3n) is 5.47. The van der Waals surface area contributed by atoms with Crippen molar-refractivity contribution >= 4 is 12.1 Å². The van der Waals surface area contributed by atoms with Crippen LogP contribution in [0.2, 0.25) is 0 Å². The molecule has 0 saturated heterocycles. The van der Waals surface area contributed by atoms with Crippen LogP contribution in [-0.2, 0) is 14.4 Å². The van der Waals surface area contributed by atoms with E-state index in [0.717, 1.165) is 51.4 Å². The zero-order chi connectivity index (χ0) is 20.7. The van der Waals surface area contributed by atoms with Gasteiger partial charge in [-0.3, -0.25) is 0 Å². The average Bonchev–Trinajstić information content (AvgIpc) is 2.63. The SMILES string of the molecule is C[C@@H](O)[C@H](NC(=O)OC(C)(C)C)C(=O)ON(C1CCCCC1)C1CCCCC1. The van der Waals surface area contributed by atoms with Crippen LogP contribution in [0.25, 0.3) is 0 Å². The molecule has 2 N–H and O–H groups in total. The lowest BCUT2D eigenvalue weighted by Gasteiger charge is -2.40. The summed E-state index contributed by atoms with van der Waals surface area (Å²) in [7, 11) is 0. The summed E-state index contributed by atoms with van der Waals surface area (Å²) in [5.41, 5.74) is -0.687. The second-order valence-corrected chi connectivity index (χ2v) is 9.22. The number of ether oxygens (including phenoxy) is 1. The van der Waals surface area contributed by atoms with Crippen molar-refractivity contribution in [3.8, 4) is 0 Å². The van der Waals surface area contributed by atoms with Gasteiger partial charge in [-0.25, -0.2) is 9.59 Å². The highest BCUT2D eigenvalue weighted by atomic mass is 16.7. The maximum absolute atomic E-state index is 12.9. The van der Waals surface area contributed by atoms with E-state index in [1.165, 1.54) is 19.8 Å². The third kappa shape index (κ3) is 7.24. The topological polar surface area (TPSA) is 88.1 Å². The quantitative estimate of drug-likeness (QED) is 0.664. The predicted octanol–water partition coefficient (Wildman–Crippen LogP) is 3.69. The summed E-state index contributed by atoms with van der Waals surface area (Å²) < 4.78 is 5.22. The lowest BCUT2D eigenvalue weighted by molar-refractivity contribution is -0.226. The molecule has 28 heavy (non-hydrogen) atoms. The highest BCUT2D eigenvalue weighted by Crippen LogP contribution is 2.30. The first-order valence-corrected chi connectivity index (χ1v) is 10.8. The van der Waals surface area contributed by atoms with Crippen LogP contribution >= 0.6 is 0 Å². The number of carbonyl (C=O) groups excluding carboxylic acids is 2. The van der Waals surface area contributed by atoms with E-state index in [-0.39, 0.29) is 12.1 Å².